The minimum atomic E-state index is -0.00926. The number of fused-ring (bicyclic) bond motifs is 1. The number of morpholine rings is 1. The first-order valence-electron chi connectivity index (χ1n) is 6.69. The van der Waals surface area contributed by atoms with Gasteiger partial charge in [-0.1, -0.05) is 18.2 Å². The second kappa shape index (κ2) is 5.48. The molecule has 0 radical (unpaired) electrons. The molecule has 1 N–H and O–H groups in total. The van der Waals surface area contributed by atoms with Crippen LogP contribution in [0.3, 0.4) is 0 Å². The molecule has 0 bridgehead atoms. The van der Waals surface area contributed by atoms with Gasteiger partial charge >= 0.3 is 6.03 Å². The van der Waals surface area contributed by atoms with Crippen molar-refractivity contribution in [3.05, 3.63) is 29.8 Å². The van der Waals surface area contributed by atoms with E-state index in [2.05, 4.69) is 5.32 Å². The van der Waals surface area contributed by atoms with Crippen LogP contribution in [-0.4, -0.2) is 43.8 Å². The number of benzene rings is 1. The summed E-state index contributed by atoms with van der Waals surface area (Å²) in [6.07, 6.45) is 0.813. The zero-order valence-electron chi connectivity index (χ0n) is 10.8. The summed E-state index contributed by atoms with van der Waals surface area (Å²) < 4.78 is 10.9. The Bertz CT molecular complexity index is 458. The van der Waals surface area contributed by atoms with E-state index in [4.69, 9.17) is 9.47 Å². The number of rotatable bonds is 1. The van der Waals surface area contributed by atoms with Gasteiger partial charge in [0.1, 0.15) is 5.75 Å². The van der Waals surface area contributed by atoms with Crippen LogP contribution in [0, 0.1) is 0 Å². The highest BCUT2D eigenvalue weighted by Crippen LogP contribution is 2.31. The molecule has 2 aliphatic heterocycles. The first-order chi connectivity index (χ1) is 9.34. The maximum atomic E-state index is 12.2. The Balaban J connectivity index is 1.68. The Morgan fingerprint density at radius 1 is 1.21 bits per heavy atom. The molecular formula is C14H18N2O3. The van der Waals surface area contributed by atoms with Crippen LogP contribution in [0.5, 0.6) is 5.75 Å². The fraction of sp³-hybridized carbons (Fsp3) is 0.500. The maximum Gasteiger partial charge on any atom is 0.318 e. The van der Waals surface area contributed by atoms with Gasteiger partial charge in [-0.25, -0.2) is 4.79 Å². The highest BCUT2D eigenvalue weighted by atomic mass is 16.5. The van der Waals surface area contributed by atoms with Crippen molar-refractivity contribution in [3.63, 3.8) is 0 Å². The maximum absolute atomic E-state index is 12.2. The predicted molar refractivity (Wildman–Crippen MR) is 70.2 cm³/mol. The molecule has 5 heteroatoms. The largest absolute Gasteiger partial charge is 0.493 e. The molecule has 0 saturated carbocycles. The number of urea groups is 1. The topological polar surface area (TPSA) is 50.8 Å². The summed E-state index contributed by atoms with van der Waals surface area (Å²) >= 11 is 0. The minimum absolute atomic E-state index is 0.00926. The lowest BCUT2D eigenvalue weighted by Crippen LogP contribution is -2.47. The molecule has 1 saturated heterocycles. The van der Waals surface area contributed by atoms with Gasteiger partial charge in [-0.05, 0) is 6.07 Å². The van der Waals surface area contributed by atoms with E-state index in [1.165, 1.54) is 0 Å². The van der Waals surface area contributed by atoms with Crippen molar-refractivity contribution in [2.45, 2.75) is 12.5 Å². The van der Waals surface area contributed by atoms with Gasteiger partial charge in [0.2, 0.25) is 0 Å². The van der Waals surface area contributed by atoms with Crippen LogP contribution in [0.25, 0.3) is 0 Å². The molecule has 2 heterocycles. The van der Waals surface area contributed by atoms with Crippen LogP contribution in [-0.2, 0) is 4.74 Å². The number of nitrogens with zero attached hydrogens (tertiary/aromatic N) is 1. The van der Waals surface area contributed by atoms with Gasteiger partial charge in [-0.3, -0.25) is 0 Å². The number of hydrogen-bond donors (Lipinski definition) is 1. The average molecular weight is 262 g/mol. The number of carbonyl (C=O) groups is 1. The molecule has 1 aromatic rings. The molecule has 0 aliphatic carbocycles. The van der Waals surface area contributed by atoms with Crippen molar-refractivity contribution in [2.75, 3.05) is 32.9 Å². The monoisotopic (exact) mass is 262 g/mol. The fourth-order valence-electron chi connectivity index (χ4n) is 2.50. The van der Waals surface area contributed by atoms with Crippen molar-refractivity contribution < 1.29 is 14.3 Å². The molecule has 5 nitrogen and oxygen atoms in total. The zero-order chi connectivity index (χ0) is 13.1. The van der Waals surface area contributed by atoms with Gasteiger partial charge < -0.3 is 19.7 Å². The van der Waals surface area contributed by atoms with E-state index in [1.807, 2.05) is 29.2 Å². The van der Waals surface area contributed by atoms with E-state index < -0.39 is 0 Å². The Morgan fingerprint density at radius 2 is 2.00 bits per heavy atom. The van der Waals surface area contributed by atoms with Gasteiger partial charge in [-0.2, -0.15) is 0 Å². The van der Waals surface area contributed by atoms with E-state index in [0.29, 0.717) is 32.9 Å². The van der Waals surface area contributed by atoms with E-state index in [1.54, 1.807) is 0 Å². The van der Waals surface area contributed by atoms with E-state index in [9.17, 15) is 4.79 Å². The van der Waals surface area contributed by atoms with Crippen molar-refractivity contribution in [3.8, 4) is 5.75 Å². The first kappa shape index (κ1) is 12.3. The molecule has 1 fully saturated rings. The molecule has 0 spiro atoms. The zero-order valence-corrected chi connectivity index (χ0v) is 10.8. The van der Waals surface area contributed by atoms with Gasteiger partial charge in [0.25, 0.3) is 0 Å². The van der Waals surface area contributed by atoms with E-state index >= 15 is 0 Å². The highest BCUT2D eigenvalue weighted by molar-refractivity contribution is 5.75. The normalized spacial score (nSPS) is 22.3. The number of amides is 2. The fourth-order valence-corrected chi connectivity index (χ4v) is 2.50. The Morgan fingerprint density at radius 3 is 2.84 bits per heavy atom. The minimum Gasteiger partial charge on any atom is -0.493 e. The van der Waals surface area contributed by atoms with Gasteiger partial charge in [0.15, 0.2) is 0 Å². The van der Waals surface area contributed by atoms with Crippen molar-refractivity contribution in [2.24, 2.45) is 0 Å². The smallest absolute Gasteiger partial charge is 0.318 e. The number of para-hydroxylation sites is 1. The van der Waals surface area contributed by atoms with Crippen molar-refractivity contribution in [1.82, 2.24) is 10.2 Å². The third-order valence-corrected chi connectivity index (χ3v) is 3.55. The van der Waals surface area contributed by atoms with Crippen molar-refractivity contribution >= 4 is 6.03 Å². The van der Waals surface area contributed by atoms with Crippen LogP contribution < -0.4 is 10.1 Å². The van der Waals surface area contributed by atoms with Gasteiger partial charge in [0, 0.05) is 25.1 Å². The van der Waals surface area contributed by atoms with Gasteiger partial charge in [-0.15, -0.1) is 0 Å². The molecule has 2 aliphatic rings. The summed E-state index contributed by atoms with van der Waals surface area (Å²) in [7, 11) is 0. The number of ether oxygens (including phenoxy) is 2. The molecule has 19 heavy (non-hydrogen) atoms. The Hall–Kier alpha value is -1.75. The summed E-state index contributed by atoms with van der Waals surface area (Å²) in [5.41, 5.74) is 1.07. The van der Waals surface area contributed by atoms with E-state index in [-0.39, 0.29) is 12.1 Å². The van der Waals surface area contributed by atoms with Crippen LogP contribution >= 0.6 is 0 Å². The summed E-state index contributed by atoms with van der Waals surface area (Å²) in [6.45, 7) is 3.22. The number of nitrogens with one attached hydrogen (secondary N) is 1. The first-order valence-corrected chi connectivity index (χ1v) is 6.69. The molecular weight excluding hydrogens is 244 g/mol. The van der Waals surface area contributed by atoms with Crippen LogP contribution in [0.2, 0.25) is 0 Å². The molecule has 0 unspecified atom stereocenters. The van der Waals surface area contributed by atoms with Crippen LogP contribution in [0.1, 0.15) is 18.0 Å². The molecule has 2 amide bonds. The molecule has 0 aromatic heterocycles. The Kier molecular flexibility index (Phi) is 3.55. The lowest BCUT2D eigenvalue weighted by molar-refractivity contribution is 0.0520. The predicted octanol–water partition coefficient (Wildman–Crippen LogP) is 1.55. The summed E-state index contributed by atoms with van der Waals surface area (Å²) in [4.78, 5) is 14.0. The third kappa shape index (κ3) is 2.66. The summed E-state index contributed by atoms with van der Waals surface area (Å²) in [5, 5.41) is 3.10. The molecule has 102 valence electrons. The standard InChI is InChI=1S/C14H18N2O3/c17-14(16-6-9-18-10-7-16)15-12-5-8-19-13-4-2-1-3-11(12)13/h1-4,12H,5-10H2,(H,15,17)/t12-/m1/s1. The lowest BCUT2D eigenvalue weighted by atomic mass is 10.0. The number of hydrogen-bond acceptors (Lipinski definition) is 3. The van der Waals surface area contributed by atoms with Crippen LogP contribution in [0.4, 0.5) is 4.79 Å². The second-order valence-corrected chi connectivity index (χ2v) is 4.78. The Labute approximate surface area is 112 Å². The lowest BCUT2D eigenvalue weighted by Gasteiger charge is -2.31. The quantitative estimate of drug-likeness (QED) is 0.835. The molecule has 3 rings (SSSR count). The van der Waals surface area contributed by atoms with Gasteiger partial charge in [0.05, 0.1) is 25.9 Å². The summed E-state index contributed by atoms with van der Waals surface area (Å²) in [6, 6.07) is 7.92. The SMILES string of the molecule is O=C(N[C@@H]1CCOc2ccccc21)N1CCOCC1. The molecule has 1 atom stereocenters. The third-order valence-electron chi connectivity index (χ3n) is 3.55. The number of carbonyl (C=O) groups excluding carboxylic acids is 1. The van der Waals surface area contributed by atoms with E-state index in [0.717, 1.165) is 17.7 Å². The van der Waals surface area contributed by atoms with Crippen molar-refractivity contribution in [1.29, 1.82) is 0 Å². The average Bonchev–Trinajstić information content (AvgIpc) is 2.48. The summed E-state index contributed by atoms with van der Waals surface area (Å²) in [5.74, 6) is 0.876. The van der Waals surface area contributed by atoms with Crippen LogP contribution in [0.15, 0.2) is 24.3 Å². The molecule has 1 aromatic carbocycles. The second-order valence-electron chi connectivity index (χ2n) is 4.78. The highest BCUT2D eigenvalue weighted by Gasteiger charge is 2.25.